The summed E-state index contributed by atoms with van der Waals surface area (Å²) in [6.45, 7) is 0.883. The van der Waals surface area contributed by atoms with Crippen LogP contribution in [0.1, 0.15) is 0 Å². The van der Waals surface area contributed by atoms with Crippen molar-refractivity contribution in [3.63, 3.8) is 0 Å². The van der Waals surface area contributed by atoms with E-state index in [1.807, 2.05) is 0 Å². The van der Waals surface area contributed by atoms with Gasteiger partial charge >= 0.3 is 0 Å². The number of methoxy groups -OCH3 is 1. The van der Waals surface area contributed by atoms with Gasteiger partial charge in [-0.25, -0.2) is 0 Å². The number of carbonyl (C=O) groups excluding carboxylic acids is 1. The number of rotatable bonds is 3. The van der Waals surface area contributed by atoms with Crippen molar-refractivity contribution in [2.45, 2.75) is 6.23 Å². The summed E-state index contributed by atoms with van der Waals surface area (Å²) >= 11 is 0. The summed E-state index contributed by atoms with van der Waals surface area (Å²) < 4.78 is 4.77. The average Bonchev–Trinajstić information content (AvgIpc) is 2.29. The Morgan fingerprint density at radius 2 is 2.55 bits per heavy atom. The van der Waals surface area contributed by atoms with Crippen molar-refractivity contribution in [2.24, 2.45) is 0 Å². The summed E-state index contributed by atoms with van der Waals surface area (Å²) in [5.74, 6) is -0.158. The number of nitrogens with zero attached hydrogens (tertiary/aromatic N) is 1. The normalized spacial score (nSPS) is 23.3. The van der Waals surface area contributed by atoms with Crippen LogP contribution in [0.4, 0.5) is 0 Å². The van der Waals surface area contributed by atoms with Gasteiger partial charge in [-0.3, -0.25) is 4.79 Å². The van der Waals surface area contributed by atoms with Crippen molar-refractivity contribution < 1.29 is 14.6 Å². The molecular weight excluding hydrogens is 146 g/mol. The van der Waals surface area contributed by atoms with Gasteiger partial charge in [0.15, 0.2) is 0 Å². The molecule has 0 bridgehead atoms. The third-order valence-electron chi connectivity index (χ3n) is 1.55. The highest BCUT2D eigenvalue weighted by Gasteiger charge is 2.22. The first-order valence-corrected chi connectivity index (χ1v) is 3.41. The van der Waals surface area contributed by atoms with Crippen LogP contribution < -0.4 is 0 Å². The molecule has 1 rings (SSSR count). The molecule has 0 aromatic carbocycles. The second-order valence-corrected chi connectivity index (χ2v) is 2.30. The molecule has 1 unspecified atom stereocenters. The molecule has 1 heterocycles. The maximum atomic E-state index is 10.9. The number of hydrogen-bond acceptors (Lipinski definition) is 3. The second-order valence-electron chi connectivity index (χ2n) is 2.30. The molecule has 1 aliphatic heterocycles. The van der Waals surface area contributed by atoms with Crippen LogP contribution in [0.3, 0.4) is 0 Å². The van der Waals surface area contributed by atoms with Gasteiger partial charge in [0.1, 0.15) is 6.23 Å². The fourth-order valence-electron chi connectivity index (χ4n) is 0.930. The fraction of sp³-hybridized carbons (Fsp3) is 0.571. The van der Waals surface area contributed by atoms with E-state index in [9.17, 15) is 4.79 Å². The second kappa shape index (κ2) is 3.50. The van der Waals surface area contributed by atoms with Gasteiger partial charge in [-0.1, -0.05) is 0 Å². The molecule has 4 heteroatoms. The molecule has 0 radical (unpaired) electrons. The van der Waals surface area contributed by atoms with Gasteiger partial charge in [0, 0.05) is 19.7 Å². The van der Waals surface area contributed by atoms with Crippen LogP contribution in [-0.2, 0) is 9.53 Å². The molecular formula is C7H11NO3. The first-order chi connectivity index (χ1) is 5.25. The maximum Gasteiger partial charge on any atom is 0.248 e. The average molecular weight is 157 g/mol. The Labute approximate surface area is 65.1 Å². The van der Waals surface area contributed by atoms with Crippen molar-refractivity contribution in [3.05, 3.63) is 12.2 Å². The Balaban J connectivity index is 2.39. The zero-order valence-electron chi connectivity index (χ0n) is 6.36. The zero-order chi connectivity index (χ0) is 8.27. The highest BCUT2D eigenvalue weighted by molar-refractivity contribution is 5.90. The molecule has 62 valence electrons. The van der Waals surface area contributed by atoms with Gasteiger partial charge in [-0.2, -0.15) is 0 Å². The predicted octanol–water partition coefficient (Wildman–Crippen LogP) is -0.650. The van der Waals surface area contributed by atoms with Crippen molar-refractivity contribution in [2.75, 3.05) is 20.3 Å². The molecule has 1 N–H and O–H groups in total. The minimum Gasteiger partial charge on any atom is -0.383 e. The molecule has 0 fully saturated rings. The SMILES string of the molecule is COCCN1C(=O)C=CC1O. The number of amides is 1. The Kier molecular flexibility index (Phi) is 2.62. The maximum absolute atomic E-state index is 10.9. The van der Waals surface area contributed by atoms with Gasteiger partial charge in [0.25, 0.3) is 0 Å². The zero-order valence-corrected chi connectivity index (χ0v) is 6.36. The van der Waals surface area contributed by atoms with Crippen molar-refractivity contribution in [3.8, 4) is 0 Å². The highest BCUT2D eigenvalue weighted by atomic mass is 16.5. The molecule has 0 aromatic rings. The number of carbonyl (C=O) groups is 1. The van der Waals surface area contributed by atoms with Crippen molar-refractivity contribution in [1.82, 2.24) is 4.90 Å². The van der Waals surface area contributed by atoms with Crippen LogP contribution in [0.2, 0.25) is 0 Å². The standard InChI is InChI=1S/C7H11NO3/c1-11-5-4-8-6(9)2-3-7(8)10/h2-3,6,9H,4-5H2,1H3. The Hall–Kier alpha value is -0.870. The topological polar surface area (TPSA) is 49.8 Å². The monoisotopic (exact) mass is 157 g/mol. The first-order valence-electron chi connectivity index (χ1n) is 3.41. The van der Waals surface area contributed by atoms with E-state index in [0.717, 1.165) is 0 Å². The van der Waals surface area contributed by atoms with Crippen LogP contribution in [0.5, 0.6) is 0 Å². The van der Waals surface area contributed by atoms with Crippen molar-refractivity contribution >= 4 is 5.91 Å². The summed E-state index contributed by atoms with van der Waals surface area (Å²) in [5, 5.41) is 9.15. The van der Waals surface area contributed by atoms with Gasteiger partial charge in [0.2, 0.25) is 5.91 Å². The summed E-state index contributed by atoms with van der Waals surface area (Å²) in [4.78, 5) is 12.3. The van der Waals surface area contributed by atoms with Crippen LogP contribution in [0.25, 0.3) is 0 Å². The first kappa shape index (κ1) is 8.23. The van der Waals surface area contributed by atoms with Gasteiger partial charge in [-0.15, -0.1) is 0 Å². The molecule has 0 aliphatic carbocycles. The van der Waals surface area contributed by atoms with E-state index < -0.39 is 6.23 Å². The Bertz CT molecular complexity index is 179. The molecule has 11 heavy (non-hydrogen) atoms. The smallest absolute Gasteiger partial charge is 0.248 e. The van der Waals surface area contributed by atoms with Gasteiger partial charge in [0.05, 0.1) is 6.61 Å². The lowest BCUT2D eigenvalue weighted by Crippen LogP contribution is -2.36. The quantitative estimate of drug-likeness (QED) is 0.592. The lowest BCUT2D eigenvalue weighted by atomic mass is 10.5. The van der Waals surface area contributed by atoms with Crippen molar-refractivity contribution in [1.29, 1.82) is 0 Å². The van der Waals surface area contributed by atoms with Crippen LogP contribution in [0.15, 0.2) is 12.2 Å². The van der Waals surface area contributed by atoms with Gasteiger partial charge in [-0.05, 0) is 6.08 Å². The molecule has 1 amide bonds. The minimum atomic E-state index is -0.766. The molecule has 1 atom stereocenters. The summed E-state index contributed by atoms with van der Waals surface area (Å²) in [6.07, 6.45) is 2.05. The molecule has 0 aromatic heterocycles. The summed E-state index contributed by atoms with van der Waals surface area (Å²) in [6, 6.07) is 0. The molecule has 0 saturated heterocycles. The lowest BCUT2D eigenvalue weighted by Gasteiger charge is -2.19. The number of ether oxygens (including phenoxy) is 1. The molecule has 0 saturated carbocycles. The van der Waals surface area contributed by atoms with E-state index >= 15 is 0 Å². The largest absolute Gasteiger partial charge is 0.383 e. The molecule has 0 spiro atoms. The lowest BCUT2D eigenvalue weighted by molar-refractivity contribution is -0.131. The third kappa shape index (κ3) is 1.78. The van der Waals surface area contributed by atoms with E-state index in [-0.39, 0.29) is 5.91 Å². The third-order valence-corrected chi connectivity index (χ3v) is 1.55. The number of aliphatic hydroxyl groups is 1. The Morgan fingerprint density at radius 3 is 3.00 bits per heavy atom. The van der Waals surface area contributed by atoms with Gasteiger partial charge < -0.3 is 14.7 Å². The van der Waals surface area contributed by atoms with E-state index in [0.29, 0.717) is 13.2 Å². The van der Waals surface area contributed by atoms with E-state index in [1.54, 1.807) is 7.11 Å². The number of hydrogen-bond donors (Lipinski definition) is 1. The summed E-state index contributed by atoms with van der Waals surface area (Å²) in [5.41, 5.74) is 0. The van der Waals surface area contributed by atoms with E-state index in [2.05, 4.69) is 0 Å². The molecule has 4 nitrogen and oxygen atoms in total. The molecule has 1 aliphatic rings. The predicted molar refractivity (Wildman–Crippen MR) is 38.7 cm³/mol. The highest BCUT2D eigenvalue weighted by Crippen LogP contribution is 2.06. The fourth-order valence-corrected chi connectivity index (χ4v) is 0.930. The van der Waals surface area contributed by atoms with E-state index in [4.69, 9.17) is 9.84 Å². The minimum absolute atomic E-state index is 0.158. The Morgan fingerprint density at radius 1 is 1.82 bits per heavy atom. The summed E-state index contributed by atoms with van der Waals surface area (Å²) in [7, 11) is 1.56. The van der Waals surface area contributed by atoms with Crippen LogP contribution >= 0.6 is 0 Å². The number of aliphatic hydroxyl groups excluding tert-OH is 1. The van der Waals surface area contributed by atoms with Crippen LogP contribution in [-0.4, -0.2) is 42.4 Å². The van der Waals surface area contributed by atoms with Crippen LogP contribution in [0, 0.1) is 0 Å². The van der Waals surface area contributed by atoms with E-state index in [1.165, 1.54) is 17.1 Å².